The molecule has 1 aliphatic rings. The number of hydrogen-bond acceptors (Lipinski definition) is 4. The highest BCUT2D eigenvalue weighted by molar-refractivity contribution is 7.88. The molecular formula is C13H20N2O4S. The molecule has 7 heteroatoms. The lowest BCUT2D eigenvalue weighted by Crippen LogP contribution is -2.45. The van der Waals surface area contributed by atoms with E-state index in [1.807, 2.05) is 19.1 Å². The number of amides is 1. The molecule has 0 saturated carbocycles. The molecular weight excluding hydrogens is 280 g/mol. The van der Waals surface area contributed by atoms with E-state index < -0.39 is 16.1 Å². The summed E-state index contributed by atoms with van der Waals surface area (Å²) in [6.45, 7) is 2.61. The highest BCUT2D eigenvalue weighted by atomic mass is 32.2. The number of carbonyl (C=O) groups is 1. The van der Waals surface area contributed by atoms with E-state index >= 15 is 0 Å². The first-order chi connectivity index (χ1) is 9.29. The third-order valence-electron chi connectivity index (χ3n) is 3.48. The summed E-state index contributed by atoms with van der Waals surface area (Å²) < 4.78 is 30.1. The first-order valence-electron chi connectivity index (χ1n) is 6.56. The zero-order valence-corrected chi connectivity index (χ0v) is 12.8. The minimum Gasteiger partial charge on any atom is -0.464 e. The molecule has 0 spiro atoms. The second-order valence-corrected chi connectivity index (χ2v) is 7.17. The van der Waals surface area contributed by atoms with Gasteiger partial charge in [-0.25, -0.2) is 8.42 Å². The van der Waals surface area contributed by atoms with Crippen LogP contribution in [0.3, 0.4) is 0 Å². The number of hydrogen-bond donors (Lipinski definition) is 0. The monoisotopic (exact) mass is 300 g/mol. The van der Waals surface area contributed by atoms with E-state index in [4.69, 9.17) is 4.42 Å². The van der Waals surface area contributed by atoms with Gasteiger partial charge in [-0.2, -0.15) is 4.31 Å². The lowest BCUT2D eigenvalue weighted by Gasteiger charge is -2.25. The largest absolute Gasteiger partial charge is 0.464 e. The van der Waals surface area contributed by atoms with Gasteiger partial charge < -0.3 is 9.32 Å². The van der Waals surface area contributed by atoms with Crippen LogP contribution < -0.4 is 0 Å². The molecule has 1 atom stereocenters. The first-order valence-corrected chi connectivity index (χ1v) is 8.41. The molecule has 1 aromatic rings. The second kappa shape index (κ2) is 5.57. The molecule has 112 valence electrons. The molecule has 1 amide bonds. The van der Waals surface area contributed by atoms with Crippen molar-refractivity contribution in [2.75, 3.05) is 19.8 Å². The maximum atomic E-state index is 12.4. The summed E-state index contributed by atoms with van der Waals surface area (Å²) in [6.07, 6.45) is 2.44. The Kier molecular flexibility index (Phi) is 4.19. The summed E-state index contributed by atoms with van der Waals surface area (Å²) in [5.74, 6) is 1.31. The van der Waals surface area contributed by atoms with Gasteiger partial charge in [0.05, 0.1) is 12.8 Å². The van der Waals surface area contributed by atoms with E-state index in [2.05, 4.69) is 0 Å². The fourth-order valence-electron chi connectivity index (χ4n) is 2.52. The molecule has 0 unspecified atom stereocenters. The Bertz CT molecular complexity index is 593. The molecule has 1 aromatic heterocycles. The number of furan rings is 1. The Morgan fingerprint density at radius 1 is 1.50 bits per heavy atom. The van der Waals surface area contributed by atoms with Gasteiger partial charge in [0.2, 0.25) is 15.9 Å². The molecule has 1 saturated heterocycles. The van der Waals surface area contributed by atoms with Crippen molar-refractivity contribution in [3.8, 4) is 0 Å². The highest BCUT2D eigenvalue weighted by Crippen LogP contribution is 2.22. The van der Waals surface area contributed by atoms with Crippen molar-refractivity contribution in [1.82, 2.24) is 9.21 Å². The number of nitrogens with zero attached hydrogens (tertiary/aromatic N) is 2. The van der Waals surface area contributed by atoms with Crippen molar-refractivity contribution in [3.05, 3.63) is 23.7 Å². The molecule has 0 bridgehead atoms. The zero-order chi connectivity index (χ0) is 14.9. The standard InChI is InChI=1S/C13H20N2O4S/c1-10-6-7-11(19-10)9-14(2)13(16)12-5-4-8-15(12)20(3,17)18/h6-7,12H,4-5,8-9H2,1-3H3/t12-/m0/s1. The van der Waals surface area contributed by atoms with Gasteiger partial charge in [0.15, 0.2) is 0 Å². The van der Waals surface area contributed by atoms with Gasteiger partial charge in [0, 0.05) is 13.6 Å². The smallest absolute Gasteiger partial charge is 0.241 e. The Balaban J connectivity index is 2.06. The fraction of sp³-hybridized carbons (Fsp3) is 0.615. The van der Waals surface area contributed by atoms with Crippen LogP contribution in [0.2, 0.25) is 0 Å². The fourth-order valence-corrected chi connectivity index (χ4v) is 3.64. The topological polar surface area (TPSA) is 70.8 Å². The maximum absolute atomic E-state index is 12.4. The van der Waals surface area contributed by atoms with E-state index in [1.54, 1.807) is 7.05 Å². The van der Waals surface area contributed by atoms with Crippen LogP contribution in [0.25, 0.3) is 0 Å². The van der Waals surface area contributed by atoms with Gasteiger partial charge >= 0.3 is 0 Å². The van der Waals surface area contributed by atoms with Crippen LogP contribution in [0, 0.1) is 6.92 Å². The van der Waals surface area contributed by atoms with Gasteiger partial charge in [-0.15, -0.1) is 0 Å². The quantitative estimate of drug-likeness (QED) is 0.831. The van der Waals surface area contributed by atoms with Crippen molar-refractivity contribution in [3.63, 3.8) is 0 Å². The number of rotatable bonds is 4. The molecule has 1 aliphatic heterocycles. The van der Waals surface area contributed by atoms with Crippen molar-refractivity contribution in [2.24, 2.45) is 0 Å². The van der Waals surface area contributed by atoms with Crippen LogP contribution in [0.1, 0.15) is 24.4 Å². The predicted octanol–water partition coefficient (Wildman–Crippen LogP) is 0.970. The molecule has 2 rings (SSSR count). The summed E-state index contributed by atoms with van der Waals surface area (Å²) in [5.41, 5.74) is 0. The zero-order valence-electron chi connectivity index (χ0n) is 12.0. The minimum atomic E-state index is -3.34. The summed E-state index contributed by atoms with van der Waals surface area (Å²) in [5, 5.41) is 0. The first kappa shape index (κ1) is 15.1. The van der Waals surface area contributed by atoms with Crippen molar-refractivity contribution in [1.29, 1.82) is 0 Å². The minimum absolute atomic E-state index is 0.179. The summed E-state index contributed by atoms with van der Waals surface area (Å²) in [7, 11) is -1.67. The highest BCUT2D eigenvalue weighted by Gasteiger charge is 2.37. The summed E-state index contributed by atoms with van der Waals surface area (Å²) in [6, 6.07) is 3.08. The molecule has 0 N–H and O–H groups in total. The van der Waals surface area contributed by atoms with Crippen LogP contribution in [0.15, 0.2) is 16.5 Å². The normalized spacial score (nSPS) is 20.2. The molecule has 0 aliphatic carbocycles. The number of aryl methyl sites for hydroxylation is 1. The molecule has 0 aromatic carbocycles. The van der Waals surface area contributed by atoms with Gasteiger partial charge in [0.25, 0.3) is 0 Å². The maximum Gasteiger partial charge on any atom is 0.241 e. The van der Waals surface area contributed by atoms with Gasteiger partial charge in [0.1, 0.15) is 17.6 Å². The van der Waals surface area contributed by atoms with E-state index in [-0.39, 0.29) is 5.91 Å². The van der Waals surface area contributed by atoms with Gasteiger partial charge in [-0.05, 0) is 31.9 Å². The van der Waals surface area contributed by atoms with E-state index in [9.17, 15) is 13.2 Å². The van der Waals surface area contributed by atoms with Crippen LogP contribution in [-0.2, 0) is 21.4 Å². The van der Waals surface area contributed by atoms with Crippen molar-refractivity contribution < 1.29 is 17.6 Å². The number of sulfonamides is 1. The lowest BCUT2D eigenvalue weighted by atomic mass is 10.2. The molecule has 0 radical (unpaired) electrons. The van der Waals surface area contributed by atoms with E-state index in [0.29, 0.717) is 25.3 Å². The SMILES string of the molecule is Cc1ccc(CN(C)C(=O)[C@@H]2CCCN2S(C)(=O)=O)o1. The predicted molar refractivity (Wildman–Crippen MR) is 74.5 cm³/mol. The van der Waals surface area contributed by atoms with Gasteiger partial charge in [-0.3, -0.25) is 4.79 Å². The molecule has 20 heavy (non-hydrogen) atoms. The van der Waals surface area contributed by atoms with Gasteiger partial charge in [-0.1, -0.05) is 0 Å². The Morgan fingerprint density at radius 2 is 2.20 bits per heavy atom. The van der Waals surface area contributed by atoms with Crippen LogP contribution >= 0.6 is 0 Å². The van der Waals surface area contributed by atoms with Crippen LogP contribution in [-0.4, -0.2) is 49.4 Å². The second-order valence-electron chi connectivity index (χ2n) is 5.24. The molecule has 6 nitrogen and oxygen atoms in total. The molecule has 2 heterocycles. The van der Waals surface area contributed by atoms with Crippen LogP contribution in [0.4, 0.5) is 0 Å². The Labute approximate surface area is 119 Å². The number of carbonyl (C=O) groups excluding carboxylic acids is 1. The number of likely N-dealkylation sites (N-methyl/N-ethyl adjacent to an activating group) is 1. The molecule has 1 fully saturated rings. The lowest BCUT2D eigenvalue weighted by molar-refractivity contribution is -0.134. The van der Waals surface area contributed by atoms with Crippen LogP contribution in [0.5, 0.6) is 0 Å². The Morgan fingerprint density at radius 3 is 2.75 bits per heavy atom. The summed E-state index contributed by atoms with van der Waals surface area (Å²) in [4.78, 5) is 13.9. The van der Waals surface area contributed by atoms with E-state index in [0.717, 1.165) is 18.4 Å². The average Bonchev–Trinajstić information content (AvgIpc) is 2.96. The third kappa shape index (κ3) is 3.21. The Hall–Kier alpha value is -1.34. The van der Waals surface area contributed by atoms with Crippen molar-refractivity contribution >= 4 is 15.9 Å². The third-order valence-corrected chi connectivity index (χ3v) is 4.77. The van der Waals surface area contributed by atoms with Crippen molar-refractivity contribution in [2.45, 2.75) is 32.4 Å². The average molecular weight is 300 g/mol. The van der Waals surface area contributed by atoms with E-state index in [1.165, 1.54) is 9.21 Å². The summed E-state index contributed by atoms with van der Waals surface area (Å²) >= 11 is 0.